The first-order valence-corrected chi connectivity index (χ1v) is 7.27. The predicted molar refractivity (Wildman–Crippen MR) is 86.3 cm³/mol. The van der Waals surface area contributed by atoms with Crippen LogP contribution in [0.2, 0.25) is 0 Å². The number of benzene rings is 3. The predicted octanol–water partition coefficient (Wildman–Crippen LogP) is 3.11. The Morgan fingerprint density at radius 2 is 1.43 bits per heavy atom. The molecule has 0 aromatic heterocycles. The minimum atomic E-state index is 0.910. The van der Waals surface area contributed by atoms with Crippen LogP contribution in [0.3, 0.4) is 0 Å². The molecule has 0 aliphatic rings. The van der Waals surface area contributed by atoms with Crippen LogP contribution >= 0.6 is 0 Å². The summed E-state index contributed by atoms with van der Waals surface area (Å²) in [5.74, 6) is 0.910. The Balaban J connectivity index is 1.60. The largest absolute Gasteiger partial charge is 0.497 e. The zero-order chi connectivity index (χ0) is 14.5. The molecule has 3 rings (SSSR count). The maximum absolute atomic E-state index is 5.17. The summed E-state index contributed by atoms with van der Waals surface area (Å²) in [5.41, 5.74) is 2.68. The van der Waals surface area contributed by atoms with Crippen LogP contribution in [0.25, 0.3) is 10.8 Å². The Kier molecular flexibility index (Phi) is 4.17. The van der Waals surface area contributed by atoms with Crippen molar-refractivity contribution in [2.45, 2.75) is 13.1 Å². The first-order chi connectivity index (χ1) is 10.3. The molecule has 2 heteroatoms. The molecular formula is C19H20NO+. The molecule has 3 aromatic carbocycles. The van der Waals surface area contributed by atoms with Crippen molar-refractivity contribution in [2.24, 2.45) is 0 Å². The summed E-state index contributed by atoms with van der Waals surface area (Å²) in [6.45, 7) is 1.98. The molecule has 3 aromatic rings. The Hall–Kier alpha value is -2.32. The summed E-state index contributed by atoms with van der Waals surface area (Å²) in [5, 5.41) is 4.94. The second kappa shape index (κ2) is 6.42. The molecule has 0 spiro atoms. The van der Waals surface area contributed by atoms with E-state index in [1.165, 1.54) is 21.9 Å². The molecule has 0 amide bonds. The third-order valence-corrected chi connectivity index (χ3v) is 3.73. The normalized spacial score (nSPS) is 10.7. The molecule has 0 unspecified atom stereocenters. The third-order valence-electron chi connectivity index (χ3n) is 3.73. The highest BCUT2D eigenvalue weighted by atomic mass is 16.5. The first kappa shape index (κ1) is 13.7. The second-order valence-electron chi connectivity index (χ2n) is 5.23. The van der Waals surface area contributed by atoms with E-state index in [1.807, 2.05) is 12.1 Å². The molecule has 0 atom stereocenters. The number of fused-ring (bicyclic) bond motifs is 1. The highest BCUT2D eigenvalue weighted by Crippen LogP contribution is 2.15. The van der Waals surface area contributed by atoms with Crippen molar-refractivity contribution in [3.8, 4) is 5.75 Å². The maximum Gasteiger partial charge on any atom is 0.118 e. The van der Waals surface area contributed by atoms with E-state index >= 15 is 0 Å². The lowest BCUT2D eigenvalue weighted by atomic mass is 10.1. The van der Waals surface area contributed by atoms with Crippen molar-refractivity contribution in [1.82, 2.24) is 0 Å². The molecule has 0 aliphatic carbocycles. The van der Waals surface area contributed by atoms with Gasteiger partial charge in [0.1, 0.15) is 18.8 Å². The van der Waals surface area contributed by atoms with Crippen LogP contribution in [0, 0.1) is 0 Å². The van der Waals surface area contributed by atoms with E-state index in [2.05, 4.69) is 59.9 Å². The topological polar surface area (TPSA) is 25.8 Å². The molecule has 21 heavy (non-hydrogen) atoms. The van der Waals surface area contributed by atoms with Crippen LogP contribution in [-0.4, -0.2) is 7.11 Å². The highest BCUT2D eigenvalue weighted by molar-refractivity contribution is 5.82. The lowest BCUT2D eigenvalue weighted by Gasteiger charge is -2.05. The van der Waals surface area contributed by atoms with Crippen molar-refractivity contribution < 1.29 is 10.1 Å². The van der Waals surface area contributed by atoms with Crippen LogP contribution in [-0.2, 0) is 13.1 Å². The van der Waals surface area contributed by atoms with Crippen molar-refractivity contribution in [3.05, 3.63) is 77.9 Å². The molecule has 0 heterocycles. The number of nitrogens with two attached hydrogens (primary N) is 1. The third kappa shape index (κ3) is 3.41. The van der Waals surface area contributed by atoms with E-state index in [9.17, 15) is 0 Å². The summed E-state index contributed by atoms with van der Waals surface area (Å²) < 4.78 is 5.17. The lowest BCUT2D eigenvalue weighted by Crippen LogP contribution is -2.80. The monoisotopic (exact) mass is 278 g/mol. The zero-order valence-electron chi connectivity index (χ0n) is 12.3. The van der Waals surface area contributed by atoms with Crippen LogP contribution in [0.5, 0.6) is 5.75 Å². The Labute approximate surface area is 125 Å². The zero-order valence-corrected chi connectivity index (χ0v) is 12.3. The number of methoxy groups -OCH3 is 1. The molecule has 0 saturated carbocycles. The van der Waals surface area contributed by atoms with Crippen molar-refractivity contribution in [2.75, 3.05) is 7.11 Å². The SMILES string of the molecule is COc1ccc(C[NH2+]Cc2ccc3ccccc3c2)cc1. The van der Waals surface area contributed by atoms with Gasteiger partial charge in [-0.1, -0.05) is 36.4 Å². The van der Waals surface area contributed by atoms with Crippen molar-refractivity contribution >= 4 is 10.8 Å². The van der Waals surface area contributed by atoms with Crippen molar-refractivity contribution in [3.63, 3.8) is 0 Å². The number of quaternary nitrogens is 1. The summed E-state index contributed by atoms with van der Waals surface area (Å²) in [7, 11) is 1.70. The average Bonchev–Trinajstić information content (AvgIpc) is 2.55. The molecule has 0 radical (unpaired) electrons. The summed E-state index contributed by atoms with van der Waals surface area (Å²) >= 11 is 0. The Morgan fingerprint density at radius 1 is 0.762 bits per heavy atom. The highest BCUT2D eigenvalue weighted by Gasteiger charge is 2.00. The van der Waals surface area contributed by atoms with Gasteiger partial charge in [0.2, 0.25) is 0 Å². The fourth-order valence-corrected chi connectivity index (χ4v) is 2.53. The summed E-state index contributed by atoms with van der Waals surface area (Å²) in [4.78, 5) is 0. The minimum absolute atomic E-state index is 0.910. The first-order valence-electron chi connectivity index (χ1n) is 7.27. The molecule has 106 valence electrons. The van der Waals surface area contributed by atoms with Crippen LogP contribution < -0.4 is 10.1 Å². The van der Waals surface area contributed by atoms with Gasteiger partial charge >= 0.3 is 0 Å². The van der Waals surface area contributed by atoms with E-state index in [0.29, 0.717) is 0 Å². The van der Waals surface area contributed by atoms with Gasteiger partial charge in [-0.25, -0.2) is 0 Å². The van der Waals surface area contributed by atoms with Gasteiger partial charge in [0.05, 0.1) is 7.11 Å². The van der Waals surface area contributed by atoms with Gasteiger partial charge in [0, 0.05) is 11.1 Å². The molecular weight excluding hydrogens is 258 g/mol. The number of rotatable bonds is 5. The molecule has 0 fully saturated rings. The van der Waals surface area contributed by atoms with Gasteiger partial charge in [-0.3, -0.25) is 0 Å². The van der Waals surface area contributed by atoms with Crippen molar-refractivity contribution in [1.29, 1.82) is 0 Å². The molecule has 0 saturated heterocycles. The summed E-state index contributed by atoms with van der Waals surface area (Å²) in [6.07, 6.45) is 0. The molecule has 0 aliphatic heterocycles. The molecule has 2 N–H and O–H groups in total. The van der Waals surface area contributed by atoms with Gasteiger partial charge in [-0.2, -0.15) is 0 Å². The second-order valence-corrected chi connectivity index (χ2v) is 5.23. The van der Waals surface area contributed by atoms with Gasteiger partial charge < -0.3 is 10.1 Å². The van der Waals surface area contributed by atoms with E-state index in [0.717, 1.165) is 18.8 Å². The van der Waals surface area contributed by atoms with Gasteiger partial charge in [-0.15, -0.1) is 0 Å². The fraction of sp³-hybridized carbons (Fsp3) is 0.158. The van der Waals surface area contributed by atoms with Gasteiger partial charge in [0.15, 0.2) is 0 Å². The van der Waals surface area contributed by atoms with Gasteiger partial charge in [-0.05, 0) is 41.1 Å². The fourth-order valence-electron chi connectivity index (χ4n) is 2.53. The molecule has 0 bridgehead atoms. The Bertz CT molecular complexity index is 719. The smallest absolute Gasteiger partial charge is 0.118 e. The average molecular weight is 278 g/mol. The number of ether oxygens (including phenoxy) is 1. The molecule has 2 nitrogen and oxygen atoms in total. The van der Waals surface area contributed by atoms with E-state index in [1.54, 1.807) is 7.11 Å². The standard InChI is InChI=1S/C19H19NO/c1-21-19-10-7-15(8-11-19)13-20-14-16-6-9-17-4-2-3-5-18(17)12-16/h2-12,20H,13-14H2,1H3/p+1. The van der Waals surface area contributed by atoms with Crippen LogP contribution in [0.4, 0.5) is 0 Å². The quantitative estimate of drug-likeness (QED) is 0.762. The van der Waals surface area contributed by atoms with E-state index < -0.39 is 0 Å². The summed E-state index contributed by atoms with van der Waals surface area (Å²) in [6, 6.07) is 23.5. The van der Waals surface area contributed by atoms with Gasteiger partial charge in [0.25, 0.3) is 0 Å². The maximum atomic E-state index is 5.17. The number of hydrogen-bond acceptors (Lipinski definition) is 1. The lowest BCUT2D eigenvalue weighted by molar-refractivity contribution is -0.686. The Morgan fingerprint density at radius 3 is 2.19 bits per heavy atom. The van der Waals surface area contributed by atoms with Crippen LogP contribution in [0.1, 0.15) is 11.1 Å². The van der Waals surface area contributed by atoms with E-state index in [-0.39, 0.29) is 0 Å². The minimum Gasteiger partial charge on any atom is -0.497 e. The number of hydrogen-bond donors (Lipinski definition) is 1. The van der Waals surface area contributed by atoms with E-state index in [4.69, 9.17) is 4.74 Å². The van der Waals surface area contributed by atoms with Crippen LogP contribution in [0.15, 0.2) is 66.7 Å².